The first-order valence-corrected chi connectivity index (χ1v) is 7.18. The second kappa shape index (κ2) is 6.76. The first-order valence-electron chi connectivity index (χ1n) is 6.01. The van der Waals surface area contributed by atoms with E-state index in [9.17, 15) is 14.9 Å². The average Bonchev–Trinajstić information content (AvgIpc) is 2.48. The van der Waals surface area contributed by atoms with Crippen LogP contribution < -0.4 is 10.1 Å². The van der Waals surface area contributed by atoms with Crippen molar-refractivity contribution in [2.45, 2.75) is 0 Å². The summed E-state index contributed by atoms with van der Waals surface area (Å²) >= 11 is 9.01. The summed E-state index contributed by atoms with van der Waals surface area (Å²) < 4.78 is 5.71. The van der Waals surface area contributed by atoms with E-state index in [0.29, 0.717) is 15.8 Å². The standard InChI is InChI=1S/C14H10BrClN2O4/c1-22-13-5-2-8(6-10(13)15)14(19)17-9-3-4-11(16)12(7-9)18(20)21/h2-7H,1H3,(H,17,19). The molecule has 0 aromatic heterocycles. The monoisotopic (exact) mass is 384 g/mol. The normalized spacial score (nSPS) is 10.1. The number of nitrogens with zero attached hydrogens (tertiary/aromatic N) is 1. The number of hydrogen-bond acceptors (Lipinski definition) is 4. The van der Waals surface area contributed by atoms with Crippen molar-refractivity contribution < 1.29 is 14.5 Å². The van der Waals surface area contributed by atoms with Gasteiger partial charge in [0.05, 0.1) is 16.5 Å². The smallest absolute Gasteiger partial charge is 0.289 e. The van der Waals surface area contributed by atoms with Gasteiger partial charge in [-0.3, -0.25) is 14.9 Å². The van der Waals surface area contributed by atoms with Gasteiger partial charge in [0, 0.05) is 17.3 Å². The average molecular weight is 386 g/mol. The van der Waals surface area contributed by atoms with Crippen LogP contribution in [-0.2, 0) is 0 Å². The second-order valence-electron chi connectivity index (χ2n) is 4.23. The molecule has 2 aromatic carbocycles. The molecule has 22 heavy (non-hydrogen) atoms. The van der Waals surface area contributed by atoms with Crippen LogP contribution in [-0.4, -0.2) is 17.9 Å². The molecule has 2 aromatic rings. The fourth-order valence-corrected chi connectivity index (χ4v) is 2.47. The largest absolute Gasteiger partial charge is 0.496 e. The topological polar surface area (TPSA) is 81.5 Å². The number of rotatable bonds is 4. The summed E-state index contributed by atoms with van der Waals surface area (Å²) in [4.78, 5) is 22.4. The van der Waals surface area contributed by atoms with E-state index in [-0.39, 0.29) is 16.4 Å². The van der Waals surface area contributed by atoms with Gasteiger partial charge in [-0.15, -0.1) is 0 Å². The van der Waals surface area contributed by atoms with Crippen LogP contribution in [0.1, 0.15) is 10.4 Å². The number of amides is 1. The third-order valence-electron chi connectivity index (χ3n) is 2.81. The van der Waals surface area contributed by atoms with Crippen molar-refractivity contribution in [1.29, 1.82) is 0 Å². The van der Waals surface area contributed by atoms with Crippen LogP contribution in [0.5, 0.6) is 5.75 Å². The first kappa shape index (κ1) is 16.3. The Bertz CT molecular complexity index is 752. The van der Waals surface area contributed by atoms with E-state index in [2.05, 4.69) is 21.2 Å². The number of halogens is 2. The zero-order valence-electron chi connectivity index (χ0n) is 11.3. The molecule has 0 saturated carbocycles. The minimum absolute atomic E-state index is 0.00944. The Kier molecular flexibility index (Phi) is 4.99. The maximum atomic E-state index is 12.2. The van der Waals surface area contributed by atoms with Crippen molar-refractivity contribution in [2.75, 3.05) is 12.4 Å². The van der Waals surface area contributed by atoms with Crippen LogP contribution in [0, 0.1) is 10.1 Å². The van der Waals surface area contributed by atoms with Gasteiger partial charge in [-0.1, -0.05) is 11.6 Å². The molecule has 0 unspecified atom stereocenters. The number of benzene rings is 2. The molecule has 114 valence electrons. The number of nitro groups is 1. The van der Waals surface area contributed by atoms with Crippen molar-refractivity contribution in [3.05, 3.63) is 61.6 Å². The quantitative estimate of drug-likeness (QED) is 0.629. The number of anilines is 1. The van der Waals surface area contributed by atoms with Crippen LogP contribution in [0.2, 0.25) is 5.02 Å². The van der Waals surface area contributed by atoms with Gasteiger partial charge in [0.15, 0.2) is 0 Å². The molecule has 0 atom stereocenters. The number of methoxy groups -OCH3 is 1. The Labute approximate surface area is 139 Å². The Morgan fingerprint density at radius 3 is 2.64 bits per heavy atom. The molecule has 2 rings (SSSR count). The molecule has 0 bridgehead atoms. The molecule has 1 N–H and O–H groups in total. The van der Waals surface area contributed by atoms with Crippen molar-refractivity contribution >= 4 is 44.8 Å². The summed E-state index contributed by atoms with van der Waals surface area (Å²) in [6, 6.07) is 8.88. The highest BCUT2D eigenvalue weighted by Crippen LogP contribution is 2.28. The highest BCUT2D eigenvalue weighted by atomic mass is 79.9. The SMILES string of the molecule is COc1ccc(C(=O)Nc2ccc(Cl)c([N+](=O)[O-])c2)cc1Br. The van der Waals surface area contributed by atoms with Gasteiger partial charge in [0.25, 0.3) is 11.6 Å². The Hall–Kier alpha value is -2.12. The van der Waals surface area contributed by atoms with Crippen LogP contribution in [0.3, 0.4) is 0 Å². The lowest BCUT2D eigenvalue weighted by Gasteiger charge is -2.08. The summed E-state index contributed by atoms with van der Waals surface area (Å²) in [6.07, 6.45) is 0. The lowest BCUT2D eigenvalue weighted by Crippen LogP contribution is -2.12. The minimum atomic E-state index is -0.609. The lowest BCUT2D eigenvalue weighted by molar-refractivity contribution is -0.384. The Morgan fingerprint density at radius 1 is 1.32 bits per heavy atom. The molecule has 0 spiro atoms. The molecule has 0 fully saturated rings. The number of hydrogen-bond donors (Lipinski definition) is 1. The van der Waals surface area contributed by atoms with Gasteiger partial charge in [-0.25, -0.2) is 0 Å². The summed E-state index contributed by atoms with van der Waals surface area (Å²) in [5.41, 5.74) is 0.397. The summed E-state index contributed by atoms with van der Waals surface area (Å²) in [7, 11) is 1.52. The highest BCUT2D eigenvalue weighted by Gasteiger charge is 2.15. The number of ether oxygens (including phenoxy) is 1. The zero-order valence-corrected chi connectivity index (χ0v) is 13.6. The molecule has 0 saturated heterocycles. The van der Waals surface area contributed by atoms with Crippen LogP contribution in [0.15, 0.2) is 40.9 Å². The van der Waals surface area contributed by atoms with E-state index >= 15 is 0 Å². The van der Waals surface area contributed by atoms with Crippen molar-refractivity contribution in [3.63, 3.8) is 0 Å². The van der Waals surface area contributed by atoms with Gasteiger partial charge in [-0.05, 0) is 46.3 Å². The van der Waals surface area contributed by atoms with Crippen molar-refractivity contribution in [1.82, 2.24) is 0 Å². The summed E-state index contributed by atoms with van der Waals surface area (Å²) in [5.74, 6) is 0.193. The third-order valence-corrected chi connectivity index (χ3v) is 3.75. The molecule has 6 nitrogen and oxygen atoms in total. The number of nitrogens with one attached hydrogen (secondary N) is 1. The van der Waals surface area contributed by atoms with E-state index in [1.807, 2.05) is 0 Å². The van der Waals surface area contributed by atoms with E-state index in [1.54, 1.807) is 18.2 Å². The second-order valence-corrected chi connectivity index (χ2v) is 5.49. The molecule has 0 aliphatic carbocycles. The predicted octanol–water partition coefficient (Wildman–Crippen LogP) is 4.27. The fourth-order valence-electron chi connectivity index (χ4n) is 1.74. The fraction of sp³-hybridized carbons (Fsp3) is 0.0714. The number of nitro benzene ring substituents is 1. The zero-order chi connectivity index (χ0) is 16.3. The van der Waals surface area contributed by atoms with Crippen LogP contribution in [0.25, 0.3) is 0 Å². The Morgan fingerprint density at radius 2 is 2.05 bits per heavy atom. The predicted molar refractivity (Wildman–Crippen MR) is 86.8 cm³/mol. The highest BCUT2D eigenvalue weighted by molar-refractivity contribution is 9.10. The third kappa shape index (κ3) is 3.55. The van der Waals surface area contributed by atoms with Gasteiger partial charge in [-0.2, -0.15) is 0 Å². The first-order chi connectivity index (χ1) is 10.4. The van der Waals surface area contributed by atoms with Crippen molar-refractivity contribution in [3.8, 4) is 5.75 Å². The molecule has 1 amide bonds. The van der Waals surface area contributed by atoms with Gasteiger partial charge < -0.3 is 10.1 Å². The van der Waals surface area contributed by atoms with Crippen molar-refractivity contribution in [2.24, 2.45) is 0 Å². The van der Waals surface area contributed by atoms with E-state index in [4.69, 9.17) is 16.3 Å². The molecule has 0 radical (unpaired) electrons. The minimum Gasteiger partial charge on any atom is -0.496 e. The molecule has 0 heterocycles. The summed E-state index contributed by atoms with van der Waals surface area (Å²) in [6.45, 7) is 0. The Balaban J connectivity index is 2.24. The summed E-state index contributed by atoms with van der Waals surface area (Å²) in [5, 5.41) is 13.4. The molecule has 0 aliphatic rings. The van der Waals surface area contributed by atoms with E-state index in [1.165, 1.54) is 25.3 Å². The van der Waals surface area contributed by atoms with Gasteiger partial charge in [0.1, 0.15) is 10.8 Å². The van der Waals surface area contributed by atoms with Crippen LogP contribution >= 0.6 is 27.5 Å². The van der Waals surface area contributed by atoms with E-state index < -0.39 is 10.8 Å². The number of carbonyl (C=O) groups is 1. The van der Waals surface area contributed by atoms with E-state index in [0.717, 1.165) is 0 Å². The van der Waals surface area contributed by atoms with Crippen LogP contribution in [0.4, 0.5) is 11.4 Å². The van der Waals surface area contributed by atoms with Gasteiger partial charge in [0.2, 0.25) is 0 Å². The molecular weight excluding hydrogens is 376 g/mol. The maximum absolute atomic E-state index is 12.2. The molecule has 8 heteroatoms. The number of carbonyl (C=O) groups excluding carboxylic acids is 1. The maximum Gasteiger partial charge on any atom is 0.289 e. The lowest BCUT2D eigenvalue weighted by atomic mass is 10.2. The molecule has 0 aliphatic heterocycles. The molecular formula is C14H10BrClN2O4. The van der Waals surface area contributed by atoms with Gasteiger partial charge >= 0.3 is 0 Å².